The number of aliphatic hydroxyl groups excluding tert-OH is 1. The van der Waals surface area contributed by atoms with Crippen molar-refractivity contribution in [2.75, 3.05) is 0 Å². The molecule has 2 atom stereocenters. The van der Waals surface area contributed by atoms with Crippen LogP contribution in [-0.2, 0) is 9.53 Å². The van der Waals surface area contributed by atoms with E-state index in [0.717, 1.165) is 10.9 Å². The lowest BCUT2D eigenvalue weighted by Crippen LogP contribution is -2.43. The largest absolute Gasteiger partial charge is 0.490 e. The van der Waals surface area contributed by atoms with E-state index in [1.807, 2.05) is 24.3 Å². The van der Waals surface area contributed by atoms with Crippen LogP contribution in [0.5, 0.6) is 5.75 Å². The van der Waals surface area contributed by atoms with E-state index in [0.29, 0.717) is 34.9 Å². The highest BCUT2D eigenvalue weighted by molar-refractivity contribution is 6.33. The second-order valence-electron chi connectivity index (χ2n) is 8.31. The van der Waals surface area contributed by atoms with Crippen LogP contribution < -0.4 is 4.74 Å². The zero-order chi connectivity index (χ0) is 23.8. The average Bonchev–Trinajstić information content (AvgIpc) is 3.20. The van der Waals surface area contributed by atoms with Crippen molar-refractivity contribution in [2.24, 2.45) is 5.92 Å². The highest BCUT2D eigenvalue weighted by Gasteiger charge is 2.39. The first-order valence-electron chi connectivity index (χ1n) is 10.8. The summed E-state index contributed by atoms with van der Waals surface area (Å²) in [5.41, 5.74) is 1.57. The van der Waals surface area contributed by atoms with E-state index in [-0.39, 0.29) is 23.6 Å². The number of halogens is 2. The number of imidazole rings is 1. The SMILES string of the molecule is CC(=O)O[C@@H](C[C@@H](O)n1cnc2c(Cl)ncnc21)C1CC(Oc2ccc3ccc(Cl)nc3c2)C1. The molecule has 0 radical (unpaired) electrons. The summed E-state index contributed by atoms with van der Waals surface area (Å²) in [6.45, 7) is 1.36. The van der Waals surface area contributed by atoms with E-state index in [4.69, 9.17) is 32.7 Å². The second kappa shape index (κ2) is 9.32. The van der Waals surface area contributed by atoms with Crippen LogP contribution in [-0.4, -0.2) is 47.8 Å². The van der Waals surface area contributed by atoms with Gasteiger partial charge in [-0.1, -0.05) is 23.2 Å². The lowest BCUT2D eigenvalue weighted by molar-refractivity contribution is -0.156. The number of ether oxygens (including phenoxy) is 2. The van der Waals surface area contributed by atoms with Gasteiger partial charge >= 0.3 is 5.97 Å². The van der Waals surface area contributed by atoms with E-state index in [1.54, 1.807) is 6.07 Å². The Morgan fingerprint density at radius 2 is 2.00 bits per heavy atom. The fraction of sp³-hybridized carbons (Fsp3) is 0.348. The third-order valence-corrected chi connectivity index (χ3v) is 6.47. The van der Waals surface area contributed by atoms with Gasteiger partial charge in [-0.3, -0.25) is 9.36 Å². The summed E-state index contributed by atoms with van der Waals surface area (Å²) < 4.78 is 13.2. The minimum Gasteiger partial charge on any atom is -0.490 e. The van der Waals surface area contributed by atoms with Crippen molar-refractivity contribution in [1.29, 1.82) is 0 Å². The highest BCUT2D eigenvalue weighted by atomic mass is 35.5. The van der Waals surface area contributed by atoms with Crippen molar-refractivity contribution in [3.63, 3.8) is 0 Å². The Balaban J connectivity index is 1.25. The maximum absolute atomic E-state index is 11.7. The van der Waals surface area contributed by atoms with E-state index < -0.39 is 18.3 Å². The number of aromatic nitrogens is 5. The molecule has 3 heterocycles. The molecule has 1 aliphatic rings. The summed E-state index contributed by atoms with van der Waals surface area (Å²) in [6, 6.07) is 9.35. The standard InChI is InChI=1S/C23H21Cl2N5O4/c1-12(31)33-18(9-20(32)30-11-28-21-22(25)26-10-27-23(21)30)14-6-16(7-14)34-15-4-2-13-3-5-19(24)29-17(13)8-15/h2-5,8,10-11,14,16,18,20,32H,6-7,9H2,1H3/t14?,16?,18-,20+/m0/s1. The number of carbonyl (C=O) groups excluding carboxylic acids is 1. The minimum atomic E-state index is -1.00. The molecular formula is C23H21Cl2N5O4. The quantitative estimate of drug-likeness (QED) is 0.226. The van der Waals surface area contributed by atoms with Crippen molar-refractivity contribution in [3.05, 3.63) is 53.3 Å². The van der Waals surface area contributed by atoms with Gasteiger partial charge in [0.25, 0.3) is 0 Å². The van der Waals surface area contributed by atoms with Crippen LogP contribution in [0.4, 0.5) is 0 Å². The molecule has 1 N–H and O–H groups in total. The third kappa shape index (κ3) is 4.64. The van der Waals surface area contributed by atoms with E-state index in [1.165, 1.54) is 24.1 Å². The monoisotopic (exact) mass is 501 g/mol. The molecule has 0 unspecified atom stereocenters. The van der Waals surface area contributed by atoms with Crippen LogP contribution >= 0.6 is 23.2 Å². The molecule has 0 saturated heterocycles. The number of pyridine rings is 1. The molecule has 4 aromatic rings. The number of benzene rings is 1. The molecule has 1 fully saturated rings. The predicted molar refractivity (Wildman–Crippen MR) is 126 cm³/mol. The van der Waals surface area contributed by atoms with Crippen molar-refractivity contribution >= 4 is 51.2 Å². The number of rotatable bonds is 7. The first-order chi connectivity index (χ1) is 16.4. The molecule has 0 spiro atoms. The highest BCUT2D eigenvalue weighted by Crippen LogP contribution is 2.38. The van der Waals surface area contributed by atoms with Gasteiger partial charge in [-0.25, -0.2) is 19.9 Å². The van der Waals surface area contributed by atoms with E-state index in [2.05, 4.69) is 19.9 Å². The third-order valence-electron chi connectivity index (χ3n) is 5.99. The zero-order valence-electron chi connectivity index (χ0n) is 18.1. The first kappa shape index (κ1) is 22.8. The number of hydrogen-bond acceptors (Lipinski definition) is 8. The van der Waals surface area contributed by atoms with Crippen LogP contribution in [0, 0.1) is 5.92 Å². The summed E-state index contributed by atoms with van der Waals surface area (Å²) in [7, 11) is 0. The minimum absolute atomic E-state index is 0.0301. The molecule has 9 nitrogen and oxygen atoms in total. The van der Waals surface area contributed by atoms with Crippen molar-refractivity contribution in [3.8, 4) is 5.75 Å². The molecule has 1 saturated carbocycles. The molecule has 3 aromatic heterocycles. The topological polar surface area (TPSA) is 112 Å². The van der Waals surface area contributed by atoms with Gasteiger partial charge in [0.1, 0.15) is 35.1 Å². The van der Waals surface area contributed by atoms with Crippen molar-refractivity contribution in [1.82, 2.24) is 24.5 Å². The van der Waals surface area contributed by atoms with Crippen LogP contribution in [0.2, 0.25) is 10.3 Å². The number of esters is 1. The van der Waals surface area contributed by atoms with Crippen LogP contribution in [0.1, 0.15) is 32.4 Å². The molecule has 11 heteroatoms. The fourth-order valence-electron chi connectivity index (χ4n) is 4.26. The Morgan fingerprint density at radius 1 is 1.21 bits per heavy atom. The van der Waals surface area contributed by atoms with Crippen LogP contribution in [0.15, 0.2) is 43.0 Å². The number of aliphatic hydroxyl groups is 1. The van der Waals surface area contributed by atoms with Gasteiger partial charge in [0.05, 0.1) is 17.9 Å². The second-order valence-corrected chi connectivity index (χ2v) is 9.06. The molecular weight excluding hydrogens is 481 g/mol. The Kier molecular flexibility index (Phi) is 6.24. The molecule has 34 heavy (non-hydrogen) atoms. The molecule has 176 valence electrons. The predicted octanol–water partition coefficient (Wildman–Crippen LogP) is 4.35. The Hall–Kier alpha value is -3.01. The summed E-state index contributed by atoms with van der Waals surface area (Å²) in [5.74, 6) is 0.348. The van der Waals surface area contributed by atoms with Gasteiger partial charge in [-0.15, -0.1) is 0 Å². The number of carbonyl (C=O) groups is 1. The molecule has 5 rings (SSSR count). The summed E-state index contributed by atoms with van der Waals surface area (Å²) in [4.78, 5) is 28.3. The van der Waals surface area contributed by atoms with E-state index >= 15 is 0 Å². The van der Waals surface area contributed by atoms with Gasteiger partial charge in [-0.2, -0.15) is 0 Å². The van der Waals surface area contributed by atoms with Gasteiger partial charge < -0.3 is 14.6 Å². The lowest BCUT2D eigenvalue weighted by Gasteiger charge is -2.40. The number of fused-ring (bicyclic) bond motifs is 2. The van der Waals surface area contributed by atoms with Gasteiger partial charge in [0, 0.05) is 30.7 Å². The Labute approximate surface area is 204 Å². The van der Waals surface area contributed by atoms with Crippen molar-refractivity contribution in [2.45, 2.75) is 44.6 Å². The molecule has 0 amide bonds. The Bertz CT molecular complexity index is 1360. The average molecular weight is 502 g/mol. The molecule has 0 aliphatic heterocycles. The van der Waals surface area contributed by atoms with Gasteiger partial charge in [0.2, 0.25) is 0 Å². The molecule has 0 bridgehead atoms. The lowest BCUT2D eigenvalue weighted by atomic mass is 9.77. The molecule has 1 aliphatic carbocycles. The summed E-state index contributed by atoms with van der Waals surface area (Å²) in [5, 5.41) is 12.5. The maximum Gasteiger partial charge on any atom is 0.302 e. The summed E-state index contributed by atoms with van der Waals surface area (Å²) in [6.07, 6.45) is 2.79. The fourth-order valence-corrected chi connectivity index (χ4v) is 4.59. The Morgan fingerprint density at radius 3 is 2.79 bits per heavy atom. The number of hydrogen-bond donors (Lipinski definition) is 1. The smallest absolute Gasteiger partial charge is 0.302 e. The summed E-state index contributed by atoms with van der Waals surface area (Å²) >= 11 is 12.0. The number of nitrogens with zero attached hydrogens (tertiary/aromatic N) is 5. The van der Waals surface area contributed by atoms with Gasteiger partial charge in [0.15, 0.2) is 10.8 Å². The van der Waals surface area contributed by atoms with Crippen LogP contribution in [0.3, 0.4) is 0 Å². The van der Waals surface area contributed by atoms with Crippen molar-refractivity contribution < 1.29 is 19.4 Å². The normalized spacial score (nSPS) is 19.5. The maximum atomic E-state index is 11.7. The van der Waals surface area contributed by atoms with Crippen LogP contribution in [0.25, 0.3) is 22.1 Å². The zero-order valence-corrected chi connectivity index (χ0v) is 19.6. The first-order valence-corrected chi connectivity index (χ1v) is 11.5. The van der Waals surface area contributed by atoms with Gasteiger partial charge in [-0.05, 0) is 37.1 Å². The van der Waals surface area contributed by atoms with E-state index in [9.17, 15) is 9.90 Å². The molecule has 1 aromatic carbocycles.